The smallest absolute Gasteiger partial charge is 0.179 e. The summed E-state index contributed by atoms with van der Waals surface area (Å²) in [7, 11) is 3.60. The Hall–Kier alpha value is -1.50. The van der Waals surface area contributed by atoms with Crippen LogP contribution in [0.2, 0.25) is 0 Å². The molecule has 0 atom stereocenters. The van der Waals surface area contributed by atoms with Crippen molar-refractivity contribution in [1.82, 2.24) is 14.7 Å². The fraction of sp³-hybridized carbons (Fsp3) is 0.429. The van der Waals surface area contributed by atoms with E-state index in [1.807, 2.05) is 19.4 Å². The Balaban J connectivity index is 2.59. The lowest BCUT2D eigenvalue weighted by atomic mass is 10.3. The highest BCUT2D eigenvalue weighted by molar-refractivity contribution is 5.03. The highest BCUT2D eigenvalue weighted by Gasteiger charge is 1.98. The van der Waals surface area contributed by atoms with Gasteiger partial charge in [-0.25, -0.2) is 0 Å². The molecule has 0 saturated heterocycles. The summed E-state index contributed by atoms with van der Waals surface area (Å²) >= 11 is 0. The standard InChI is InChI=1S/C7H10N4/c1-10(6-8)4-7-3-9-11(2)5-7/h3,5H,4H2,1-2H3. The SMILES string of the molecule is CN(C#N)Cc1cnn(C)c1. The van der Waals surface area contributed by atoms with Crippen molar-refractivity contribution in [2.45, 2.75) is 6.54 Å². The maximum atomic E-state index is 8.45. The third-order valence-electron chi connectivity index (χ3n) is 1.35. The number of hydrogen-bond donors (Lipinski definition) is 0. The van der Waals surface area contributed by atoms with Crippen molar-refractivity contribution >= 4 is 0 Å². The number of aryl methyl sites for hydroxylation is 1. The molecular weight excluding hydrogens is 140 g/mol. The molecule has 58 valence electrons. The van der Waals surface area contributed by atoms with E-state index >= 15 is 0 Å². The van der Waals surface area contributed by atoms with Gasteiger partial charge in [0.05, 0.1) is 12.7 Å². The second kappa shape index (κ2) is 3.06. The quantitative estimate of drug-likeness (QED) is 0.451. The highest BCUT2D eigenvalue weighted by atomic mass is 15.2. The summed E-state index contributed by atoms with van der Waals surface area (Å²) in [4.78, 5) is 1.55. The van der Waals surface area contributed by atoms with Crippen LogP contribution in [-0.2, 0) is 13.6 Å². The fourth-order valence-electron chi connectivity index (χ4n) is 0.863. The van der Waals surface area contributed by atoms with Gasteiger partial charge in [0.1, 0.15) is 0 Å². The zero-order valence-corrected chi connectivity index (χ0v) is 6.65. The summed E-state index contributed by atoms with van der Waals surface area (Å²) in [6.45, 7) is 0.629. The Morgan fingerprint density at radius 2 is 2.55 bits per heavy atom. The predicted molar refractivity (Wildman–Crippen MR) is 40.3 cm³/mol. The Morgan fingerprint density at radius 1 is 1.82 bits per heavy atom. The summed E-state index contributed by atoms with van der Waals surface area (Å²) in [5.41, 5.74) is 1.05. The van der Waals surface area contributed by atoms with Gasteiger partial charge in [-0.15, -0.1) is 0 Å². The Morgan fingerprint density at radius 3 is 3.00 bits per heavy atom. The van der Waals surface area contributed by atoms with Crippen molar-refractivity contribution in [2.24, 2.45) is 7.05 Å². The van der Waals surface area contributed by atoms with E-state index in [9.17, 15) is 0 Å². The van der Waals surface area contributed by atoms with Crippen LogP contribution in [0.1, 0.15) is 5.56 Å². The molecule has 0 bridgehead atoms. The van der Waals surface area contributed by atoms with Gasteiger partial charge in [-0.05, 0) is 0 Å². The third-order valence-corrected chi connectivity index (χ3v) is 1.35. The summed E-state index contributed by atoms with van der Waals surface area (Å²) in [6, 6.07) is 0. The third kappa shape index (κ3) is 1.97. The molecule has 0 saturated carbocycles. The molecule has 4 nitrogen and oxygen atoms in total. The molecule has 0 fully saturated rings. The lowest BCUT2D eigenvalue weighted by Gasteiger charge is -2.04. The Labute approximate surface area is 65.7 Å². The number of nitrogens with zero attached hydrogens (tertiary/aromatic N) is 4. The van der Waals surface area contributed by atoms with Gasteiger partial charge < -0.3 is 4.90 Å². The number of nitriles is 1. The lowest BCUT2D eigenvalue weighted by molar-refractivity contribution is 0.469. The van der Waals surface area contributed by atoms with E-state index in [4.69, 9.17) is 5.26 Å². The molecule has 1 rings (SSSR count). The van der Waals surface area contributed by atoms with Crippen molar-refractivity contribution in [3.63, 3.8) is 0 Å². The van der Waals surface area contributed by atoms with Crippen LogP contribution in [0.25, 0.3) is 0 Å². The number of rotatable bonds is 2. The number of aromatic nitrogens is 2. The lowest BCUT2D eigenvalue weighted by Crippen LogP contribution is -2.09. The largest absolute Gasteiger partial charge is 0.309 e. The van der Waals surface area contributed by atoms with Gasteiger partial charge in [-0.1, -0.05) is 0 Å². The van der Waals surface area contributed by atoms with Gasteiger partial charge in [-0.2, -0.15) is 10.4 Å². The van der Waals surface area contributed by atoms with Crippen LogP contribution < -0.4 is 0 Å². The van der Waals surface area contributed by atoms with E-state index in [0.29, 0.717) is 6.54 Å². The van der Waals surface area contributed by atoms with E-state index in [1.165, 1.54) is 0 Å². The first-order chi connectivity index (χ1) is 5.22. The monoisotopic (exact) mass is 150 g/mol. The molecule has 1 aromatic rings. The molecule has 4 heteroatoms. The van der Waals surface area contributed by atoms with Gasteiger partial charge in [0, 0.05) is 25.9 Å². The zero-order valence-electron chi connectivity index (χ0n) is 6.65. The summed E-state index contributed by atoms with van der Waals surface area (Å²) < 4.78 is 1.72. The molecule has 0 N–H and O–H groups in total. The zero-order chi connectivity index (χ0) is 8.27. The topological polar surface area (TPSA) is 44.9 Å². The summed E-state index contributed by atoms with van der Waals surface area (Å²) in [6.07, 6.45) is 5.67. The van der Waals surface area contributed by atoms with Crippen LogP contribution in [-0.4, -0.2) is 21.7 Å². The molecule has 0 radical (unpaired) electrons. The second-order valence-electron chi connectivity index (χ2n) is 2.48. The van der Waals surface area contributed by atoms with Crippen molar-refractivity contribution < 1.29 is 0 Å². The average molecular weight is 150 g/mol. The van der Waals surface area contributed by atoms with Gasteiger partial charge in [0.15, 0.2) is 6.19 Å². The summed E-state index contributed by atoms with van der Waals surface area (Å²) in [5, 5.41) is 12.4. The highest BCUT2D eigenvalue weighted by Crippen LogP contribution is 1.98. The van der Waals surface area contributed by atoms with Crippen molar-refractivity contribution in [3.8, 4) is 6.19 Å². The normalized spacial score (nSPS) is 9.18. The first kappa shape index (κ1) is 7.61. The molecule has 0 amide bonds. The molecule has 0 spiro atoms. The molecule has 0 aromatic carbocycles. The first-order valence-electron chi connectivity index (χ1n) is 3.31. The number of hydrogen-bond acceptors (Lipinski definition) is 3. The van der Waals surface area contributed by atoms with Crippen LogP contribution in [0.3, 0.4) is 0 Å². The van der Waals surface area contributed by atoms with Crippen LogP contribution >= 0.6 is 0 Å². The van der Waals surface area contributed by atoms with Gasteiger partial charge in [0.2, 0.25) is 0 Å². The van der Waals surface area contributed by atoms with E-state index < -0.39 is 0 Å². The Kier molecular flexibility index (Phi) is 2.12. The van der Waals surface area contributed by atoms with Gasteiger partial charge in [-0.3, -0.25) is 4.68 Å². The van der Waals surface area contributed by atoms with Crippen LogP contribution in [0, 0.1) is 11.5 Å². The first-order valence-corrected chi connectivity index (χ1v) is 3.31. The molecule has 11 heavy (non-hydrogen) atoms. The maximum Gasteiger partial charge on any atom is 0.179 e. The van der Waals surface area contributed by atoms with Crippen LogP contribution in [0.4, 0.5) is 0 Å². The molecule has 0 aliphatic carbocycles. The van der Waals surface area contributed by atoms with Gasteiger partial charge in [0.25, 0.3) is 0 Å². The molecular formula is C7H10N4. The fourth-order valence-corrected chi connectivity index (χ4v) is 0.863. The predicted octanol–water partition coefficient (Wildman–Crippen LogP) is 0.333. The van der Waals surface area contributed by atoms with Crippen molar-refractivity contribution in [3.05, 3.63) is 18.0 Å². The van der Waals surface area contributed by atoms with E-state index in [2.05, 4.69) is 5.10 Å². The van der Waals surface area contributed by atoms with E-state index in [0.717, 1.165) is 5.56 Å². The average Bonchev–Trinajstić information content (AvgIpc) is 2.35. The minimum Gasteiger partial charge on any atom is -0.309 e. The molecule has 1 aromatic heterocycles. The minimum absolute atomic E-state index is 0.629. The molecule has 0 aliphatic heterocycles. The van der Waals surface area contributed by atoms with Crippen LogP contribution in [0.5, 0.6) is 0 Å². The minimum atomic E-state index is 0.629. The molecule has 0 aliphatic rings. The van der Waals surface area contributed by atoms with E-state index in [-0.39, 0.29) is 0 Å². The maximum absolute atomic E-state index is 8.45. The summed E-state index contributed by atoms with van der Waals surface area (Å²) in [5.74, 6) is 0. The molecule has 0 unspecified atom stereocenters. The van der Waals surface area contributed by atoms with Crippen LogP contribution in [0.15, 0.2) is 12.4 Å². The van der Waals surface area contributed by atoms with E-state index in [1.54, 1.807) is 22.8 Å². The van der Waals surface area contributed by atoms with Gasteiger partial charge >= 0.3 is 0 Å². The Bertz CT molecular complexity index is 270. The van der Waals surface area contributed by atoms with Crippen molar-refractivity contribution in [2.75, 3.05) is 7.05 Å². The van der Waals surface area contributed by atoms with Crippen molar-refractivity contribution in [1.29, 1.82) is 5.26 Å². The second-order valence-corrected chi connectivity index (χ2v) is 2.48. The molecule has 1 heterocycles.